The van der Waals surface area contributed by atoms with Gasteiger partial charge >= 0.3 is 0 Å². The SMILES string of the molecule is CON(C)C(C)C(=O)N(C)C. The molecular formula is C7H16N2O2. The summed E-state index contributed by atoms with van der Waals surface area (Å²) in [4.78, 5) is 17.7. The van der Waals surface area contributed by atoms with Gasteiger partial charge in [-0.3, -0.25) is 4.79 Å². The average Bonchev–Trinajstić information content (AvgIpc) is 2.00. The van der Waals surface area contributed by atoms with E-state index in [9.17, 15) is 4.79 Å². The van der Waals surface area contributed by atoms with Crippen molar-refractivity contribution in [2.45, 2.75) is 13.0 Å². The van der Waals surface area contributed by atoms with Gasteiger partial charge in [0.05, 0.1) is 7.11 Å². The van der Waals surface area contributed by atoms with Crippen LogP contribution in [0.2, 0.25) is 0 Å². The number of amides is 1. The highest BCUT2D eigenvalue weighted by atomic mass is 16.7. The zero-order valence-electron chi connectivity index (χ0n) is 7.79. The maximum atomic E-state index is 11.2. The molecule has 0 bridgehead atoms. The normalized spacial score (nSPS) is 13.3. The molecule has 66 valence electrons. The predicted molar refractivity (Wildman–Crippen MR) is 42.9 cm³/mol. The van der Waals surface area contributed by atoms with Gasteiger partial charge in [-0.1, -0.05) is 0 Å². The van der Waals surface area contributed by atoms with Gasteiger partial charge in [-0.05, 0) is 6.92 Å². The van der Waals surface area contributed by atoms with E-state index in [1.54, 1.807) is 40.1 Å². The van der Waals surface area contributed by atoms with E-state index in [1.807, 2.05) is 0 Å². The highest BCUT2D eigenvalue weighted by Gasteiger charge is 2.18. The van der Waals surface area contributed by atoms with E-state index in [4.69, 9.17) is 4.84 Å². The summed E-state index contributed by atoms with van der Waals surface area (Å²) in [6, 6.07) is -0.227. The number of hydrogen-bond acceptors (Lipinski definition) is 3. The molecule has 0 saturated heterocycles. The fourth-order valence-corrected chi connectivity index (χ4v) is 0.687. The number of rotatable bonds is 3. The summed E-state index contributed by atoms with van der Waals surface area (Å²) in [5.74, 6) is 0.0364. The first kappa shape index (κ1) is 10.4. The van der Waals surface area contributed by atoms with E-state index in [0.29, 0.717) is 0 Å². The van der Waals surface area contributed by atoms with Crippen molar-refractivity contribution < 1.29 is 9.63 Å². The molecular weight excluding hydrogens is 144 g/mol. The average molecular weight is 160 g/mol. The lowest BCUT2D eigenvalue weighted by Crippen LogP contribution is -2.42. The molecule has 0 aromatic heterocycles. The molecule has 0 spiro atoms. The Kier molecular flexibility index (Phi) is 4.07. The summed E-state index contributed by atoms with van der Waals surface area (Å²) >= 11 is 0. The molecule has 0 radical (unpaired) electrons. The monoisotopic (exact) mass is 160 g/mol. The van der Waals surface area contributed by atoms with Gasteiger partial charge in [-0.15, -0.1) is 0 Å². The Bertz CT molecular complexity index is 136. The Labute approximate surface area is 67.7 Å². The Hall–Kier alpha value is -0.610. The fourth-order valence-electron chi connectivity index (χ4n) is 0.687. The molecule has 0 rings (SSSR count). The van der Waals surface area contributed by atoms with E-state index in [2.05, 4.69) is 0 Å². The van der Waals surface area contributed by atoms with Crippen molar-refractivity contribution >= 4 is 5.91 Å². The van der Waals surface area contributed by atoms with Crippen LogP contribution in [-0.2, 0) is 9.63 Å². The fraction of sp³-hybridized carbons (Fsp3) is 0.857. The number of hydroxylamine groups is 2. The van der Waals surface area contributed by atoms with Crippen LogP contribution >= 0.6 is 0 Å². The minimum Gasteiger partial charge on any atom is -0.347 e. The van der Waals surface area contributed by atoms with Gasteiger partial charge < -0.3 is 9.74 Å². The largest absolute Gasteiger partial charge is 0.347 e. The number of likely N-dealkylation sites (N-methyl/N-ethyl adjacent to an activating group) is 2. The van der Waals surface area contributed by atoms with E-state index in [1.165, 1.54) is 5.06 Å². The van der Waals surface area contributed by atoms with Crippen LogP contribution in [-0.4, -0.2) is 50.2 Å². The van der Waals surface area contributed by atoms with Crippen LogP contribution in [0.15, 0.2) is 0 Å². The Balaban J connectivity index is 4.02. The zero-order valence-corrected chi connectivity index (χ0v) is 7.79. The van der Waals surface area contributed by atoms with Crippen molar-refractivity contribution in [2.24, 2.45) is 0 Å². The molecule has 0 aromatic rings. The second-order valence-electron chi connectivity index (χ2n) is 2.64. The van der Waals surface area contributed by atoms with Crippen molar-refractivity contribution in [1.29, 1.82) is 0 Å². The standard InChI is InChI=1S/C7H16N2O2/c1-6(9(4)11-5)7(10)8(2)3/h6H,1-5H3. The van der Waals surface area contributed by atoms with Crippen molar-refractivity contribution in [3.8, 4) is 0 Å². The van der Waals surface area contributed by atoms with Gasteiger partial charge in [0.25, 0.3) is 0 Å². The maximum Gasteiger partial charge on any atom is 0.241 e. The lowest BCUT2D eigenvalue weighted by atomic mass is 10.3. The first-order valence-corrected chi connectivity index (χ1v) is 3.48. The van der Waals surface area contributed by atoms with Crippen molar-refractivity contribution in [3.63, 3.8) is 0 Å². The number of nitrogens with zero attached hydrogens (tertiary/aromatic N) is 2. The minimum absolute atomic E-state index is 0.0364. The summed E-state index contributed by atoms with van der Waals surface area (Å²) in [6.45, 7) is 1.80. The summed E-state index contributed by atoms with van der Waals surface area (Å²) in [5.41, 5.74) is 0. The van der Waals surface area contributed by atoms with E-state index < -0.39 is 0 Å². The highest BCUT2D eigenvalue weighted by molar-refractivity contribution is 5.80. The van der Waals surface area contributed by atoms with Gasteiger partial charge in [0.15, 0.2) is 0 Å². The van der Waals surface area contributed by atoms with Gasteiger partial charge in [0, 0.05) is 21.1 Å². The van der Waals surface area contributed by atoms with E-state index in [-0.39, 0.29) is 11.9 Å². The lowest BCUT2D eigenvalue weighted by Gasteiger charge is -2.23. The topological polar surface area (TPSA) is 32.8 Å². The van der Waals surface area contributed by atoms with Crippen LogP contribution in [0.5, 0.6) is 0 Å². The van der Waals surface area contributed by atoms with Crippen LogP contribution < -0.4 is 0 Å². The molecule has 0 aliphatic heterocycles. The van der Waals surface area contributed by atoms with Gasteiger partial charge in [-0.2, -0.15) is 5.06 Å². The van der Waals surface area contributed by atoms with Gasteiger partial charge in [0.2, 0.25) is 5.91 Å². The van der Waals surface area contributed by atoms with Crippen molar-refractivity contribution in [2.75, 3.05) is 28.3 Å². The minimum atomic E-state index is -0.227. The molecule has 0 N–H and O–H groups in total. The summed E-state index contributed by atoms with van der Waals surface area (Å²) in [7, 11) is 6.72. The highest BCUT2D eigenvalue weighted by Crippen LogP contribution is 1.97. The van der Waals surface area contributed by atoms with Crippen LogP contribution in [0, 0.1) is 0 Å². The molecule has 0 aliphatic carbocycles. The molecule has 1 amide bonds. The summed E-state index contributed by atoms with van der Waals surface area (Å²) in [6.07, 6.45) is 0. The third-order valence-corrected chi connectivity index (χ3v) is 1.63. The maximum absolute atomic E-state index is 11.2. The number of carbonyl (C=O) groups is 1. The van der Waals surface area contributed by atoms with E-state index in [0.717, 1.165) is 0 Å². The van der Waals surface area contributed by atoms with Crippen LogP contribution in [0.25, 0.3) is 0 Å². The second kappa shape index (κ2) is 4.31. The molecule has 0 fully saturated rings. The molecule has 0 heterocycles. The number of carbonyl (C=O) groups excluding carboxylic acids is 1. The molecule has 4 nitrogen and oxygen atoms in total. The lowest BCUT2D eigenvalue weighted by molar-refractivity contribution is -0.164. The van der Waals surface area contributed by atoms with Crippen LogP contribution in [0.4, 0.5) is 0 Å². The number of hydrogen-bond donors (Lipinski definition) is 0. The third kappa shape index (κ3) is 2.86. The third-order valence-electron chi connectivity index (χ3n) is 1.63. The Morgan fingerprint density at radius 3 is 2.09 bits per heavy atom. The summed E-state index contributed by atoms with van der Waals surface area (Å²) in [5, 5.41) is 1.52. The molecule has 1 unspecified atom stereocenters. The molecule has 4 heteroatoms. The quantitative estimate of drug-likeness (QED) is 0.543. The Morgan fingerprint density at radius 1 is 1.36 bits per heavy atom. The zero-order chi connectivity index (χ0) is 9.02. The van der Waals surface area contributed by atoms with Crippen molar-refractivity contribution in [3.05, 3.63) is 0 Å². The van der Waals surface area contributed by atoms with Crippen LogP contribution in [0.3, 0.4) is 0 Å². The smallest absolute Gasteiger partial charge is 0.241 e. The van der Waals surface area contributed by atoms with Gasteiger partial charge in [-0.25, -0.2) is 0 Å². The second-order valence-corrected chi connectivity index (χ2v) is 2.64. The first-order valence-electron chi connectivity index (χ1n) is 3.48. The first-order chi connectivity index (χ1) is 5.00. The molecule has 1 atom stereocenters. The predicted octanol–water partition coefficient (Wildman–Crippen LogP) is -0.0437. The molecule has 0 aromatic carbocycles. The van der Waals surface area contributed by atoms with Crippen LogP contribution in [0.1, 0.15) is 6.92 Å². The Morgan fingerprint density at radius 2 is 1.82 bits per heavy atom. The van der Waals surface area contributed by atoms with Gasteiger partial charge in [0.1, 0.15) is 6.04 Å². The van der Waals surface area contributed by atoms with E-state index >= 15 is 0 Å². The molecule has 11 heavy (non-hydrogen) atoms. The molecule has 0 aliphatic rings. The summed E-state index contributed by atoms with van der Waals surface area (Å²) < 4.78 is 0. The van der Waals surface area contributed by atoms with Crippen molar-refractivity contribution in [1.82, 2.24) is 9.96 Å². The molecule has 0 saturated carbocycles.